The molecule has 0 aliphatic heterocycles. The van der Waals surface area contributed by atoms with Gasteiger partial charge in [-0.05, 0) is 92.1 Å². The zero-order valence-electron chi connectivity index (χ0n) is 40.2. The number of amides is 7. The molecule has 0 spiro atoms. The number of thioether (sulfide) groups is 3. The minimum atomic E-state index is -1.51. The lowest BCUT2D eigenvalue weighted by Gasteiger charge is -2.30. The standard InChI is InChI=1S/C45H73N9O11S3/c1-9-25(4)37(54-39(58)31(15-18-67-7)49-40(59)33(20-24(2)3)51-42(61)35(23-55)53-43(62)36(46)26(5)56)44(63)52-34(21-27-22-47-29-13-11-10-12-28(27)29)41(60)48-30(14-17-66-6)38(57)50-32(45(64)65)16-19-68-8/h10-13,22,24-26,30-37,47,55-56H,9,14-21,23,46H2,1-8H3,(H,48,60)(H,49,59)(H,50,57)(H,51,61)(H,52,63)(H,53,62)(H,54,58)(H,64,65)/t25-,26+,30-,31-,32-,33-,34-,35-,36-,37-/m0/s1. The molecule has 13 N–H and O–H groups in total. The van der Waals surface area contributed by atoms with Gasteiger partial charge in [0, 0.05) is 23.5 Å². The number of aromatic nitrogens is 1. The number of aliphatic hydroxyl groups excluding tert-OH is 2. The van der Waals surface area contributed by atoms with Crippen molar-refractivity contribution in [1.82, 2.24) is 42.2 Å². The van der Waals surface area contributed by atoms with Crippen LogP contribution in [0.25, 0.3) is 10.9 Å². The fourth-order valence-electron chi connectivity index (χ4n) is 6.92. The number of para-hydroxylation sites is 1. The Balaban J connectivity index is 2.47. The first kappa shape index (κ1) is 59.6. The zero-order chi connectivity index (χ0) is 51.1. The number of hydrogen-bond donors (Lipinski definition) is 12. The number of nitrogens with two attached hydrogens (primary N) is 1. The van der Waals surface area contributed by atoms with Crippen LogP contribution in [0.1, 0.15) is 72.3 Å². The molecule has 1 heterocycles. The van der Waals surface area contributed by atoms with E-state index < -0.39 is 114 Å². The van der Waals surface area contributed by atoms with Crippen LogP contribution in [-0.4, -0.2) is 165 Å². The molecule has 0 bridgehead atoms. The summed E-state index contributed by atoms with van der Waals surface area (Å²) >= 11 is 4.27. The van der Waals surface area contributed by atoms with Gasteiger partial charge >= 0.3 is 5.97 Å². The highest BCUT2D eigenvalue weighted by Gasteiger charge is 2.36. The number of carboxylic acid groups (broad SMARTS) is 1. The molecule has 20 nitrogen and oxygen atoms in total. The van der Waals surface area contributed by atoms with Gasteiger partial charge in [-0.25, -0.2) is 4.79 Å². The van der Waals surface area contributed by atoms with E-state index in [9.17, 15) is 53.7 Å². The highest BCUT2D eigenvalue weighted by Crippen LogP contribution is 2.20. The van der Waals surface area contributed by atoms with Gasteiger partial charge in [-0.1, -0.05) is 52.3 Å². The molecular formula is C45H73N9O11S3. The Kier molecular flexibility index (Phi) is 27.0. The summed E-state index contributed by atoms with van der Waals surface area (Å²) in [6, 6.07) is -2.80. The van der Waals surface area contributed by atoms with Crippen LogP contribution in [0.5, 0.6) is 0 Å². The van der Waals surface area contributed by atoms with Gasteiger partial charge in [-0.2, -0.15) is 35.3 Å². The maximum Gasteiger partial charge on any atom is 0.326 e. The number of nitrogens with one attached hydrogen (secondary N) is 8. The van der Waals surface area contributed by atoms with Crippen molar-refractivity contribution in [3.63, 3.8) is 0 Å². The molecule has 0 aliphatic carbocycles. The van der Waals surface area contributed by atoms with Crippen LogP contribution in [0.15, 0.2) is 30.5 Å². The largest absolute Gasteiger partial charge is 0.480 e. The quantitative estimate of drug-likeness (QED) is 0.0467. The molecule has 0 saturated heterocycles. The van der Waals surface area contributed by atoms with Crippen molar-refractivity contribution in [2.45, 2.75) is 128 Å². The van der Waals surface area contributed by atoms with E-state index in [0.29, 0.717) is 29.2 Å². The van der Waals surface area contributed by atoms with Crippen molar-refractivity contribution < 1.29 is 53.7 Å². The lowest BCUT2D eigenvalue weighted by Crippen LogP contribution is -2.61. The van der Waals surface area contributed by atoms with E-state index in [2.05, 4.69) is 42.2 Å². The number of rotatable bonds is 32. The van der Waals surface area contributed by atoms with Crippen LogP contribution < -0.4 is 43.0 Å². The molecule has 0 unspecified atom stereocenters. The van der Waals surface area contributed by atoms with E-state index in [0.717, 1.165) is 10.9 Å². The average molecular weight is 1010 g/mol. The second-order valence-electron chi connectivity index (χ2n) is 17.1. The number of hydrogen-bond acceptors (Lipinski definition) is 14. The molecule has 0 aliphatic rings. The number of aliphatic carboxylic acids is 1. The average Bonchev–Trinajstić information content (AvgIpc) is 3.71. The van der Waals surface area contributed by atoms with E-state index in [1.165, 1.54) is 42.2 Å². The predicted octanol–water partition coefficient (Wildman–Crippen LogP) is 0.241. The molecule has 382 valence electrons. The van der Waals surface area contributed by atoms with Crippen molar-refractivity contribution in [3.8, 4) is 0 Å². The first-order chi connectivity index (χ1) is 32.2. The topological polar surface area (TPSA) is 323 Å². The van der Waals surface area contributed by atoms with Gasteiger partial charge in [-0.3, -0.25) is 33.6 Å². The Bertz CT molecular complexity index is 1970. The summed E-state index contributed by atoms with van der Waals surface area (Å²) in [6.45, 7) is 7.61. The molecule has 1 aromatic heterocycles. The number of benzene rings is 1. The van der Waals surface area contributed by atoms with Crippen molar-refractivity contribution in [3.05, 3.63) is 36.0 Å². The molecule has 10 atom stereocenters. The fourth-order valence-corrected chi connectivity index (χ4v) is 8.34. The maximum atomic E-state index is 14.5. The van der Waals surface area contributed by atoms with Crippen LogP contribution >= 0.6 is 35.3 Å². The Morgan fingerprint density at radius 2 is 1.09 bits per heavy atom. The summed E-state index contributed by atoms with van der Waals surface area (Å²) in [5, 5.41) is 48.7. The highest BCUT2D eigenvalue weighted by atomic mass is 32.2. The van der Waals surface area contributed by atoms with E-state index in [1.807, 2.05) is 50.0 Å². The predicted molar refractivity (Wildman–Crippen MR) is 268 cm³/mol. The van der Waals surface area contributed by atoms with Gasteiger partial charge in [0.1, 0.15) is 48.3 Å². The van der Waals surface area contributed by atoms with Crippen LogP contribution in [-0.2, 0) is 44.8 Å². The lowest BCUT2D eigenvalue weighted by atomic mass is 9.96. The molecule has 1 aromatic carbocycles. The minimum Gasteiger partial charge on any atom is -0.480 e. The maximum absolute atomic E-state index is 14.5. The number of carbonyl (C=O) groups excluding carboxylic acids is 7. The molecule has 2 aromatic rings. The Labute approximate surface area is 411 Å². The third-order valence-electron chi connectivity index (χ3n) is 11.2. The molecule has 7 amide bonds. The summed E-state index contributed by atoms with van der Waals surface area (Å²) in [4.78, 5) is 112. The van der Waals surface area contributed by atoms with Crippen molar-refractivity contribution >= 4 is 93.5 Å². The molecule has 68 heavy (non-hydrogen) atoms. The highest BCUT2D eigenvalue weighted by molar-refractivity contribution is 7.98. The van der Waals surface area contributed by atoms with Crippen molar-refractivity contribution in [1.29, 1.82) is 0 Å². The second-order valence-corrected chi connectivity index (χ2v) is 20.0. The molecule has 0 fully saturated rings. The van der Waals surface area contributed by atoms with Crippen LogP contribution in [0.3, 0.4) is 0 Å². The minimum absolute atomic E-state index is 0.0331. The second kappa shape index (κ2) is 30.8. The number of carboxylic acids is 1. The fraction of sp³-hybridized carbons (Fsp3) is 0.644. The van der Waals surface area contributed by atoms with Crippen LogP contribution in [0.2, 0.25) is 0 Å². The first-order valence-corrected chi connectivity index (χ1v) is 26.8. The molecule has 0 saturated carbocycles. The summed E-state index contributed by atoms with van der Waals surface area (Å²) in [5.74, 6) is -5.90. The lowest BCUT2D eigenvalue weighted by molar-refractivity contribution is -0.142. The number of aliphatic hydroxyl groups is 2. The summed E-state index contributed by atoms with van der Waals surface area (Å²) < 4.78 is 0. The van der Waals surface area contributed by atoms with Gasteiger partial charge in [0.05, 0.1) is 12.7 Å². The molecule has 23 heteroatoms. The molecular weight excluding hydrogens is 939 g/mol. The monoisotopic (exact) mass is 1010 g/mol. The van der Waals surface area contributed by atoms with Gasteiger partial charge in [0.15, 0.2) is 0 Å². The Hall–Kier alpha value is -4.55. The molecule has 2 rings (SSSR count). The van der Waals surface area contributed by atoms with Gasteiger partial charge in [0.2, 0.25) is 41.4 Å². The van der Waals surface area contributed by atoms with Gasteiger partial charge in [0.25, 0.3) is 0 Å². The third-order valence-corrected chi connectivity index (χ3v) is 13.1. The van der Waals surface area contributed by atoms with Gasteiger partial charge in [-0.15, -0.1) is 0 Å². The van der Waals surface area contributed by atoms with E-state index in [4.69, 9.17) is 5.73 Å². The van der Waals surface area contributed by atoms with Crippen LogP contribution in [0.4, 0.5) is 0 Å². The number of aromatic amines is 1. The van der Waals surface area contributed by atoms with Crippen molar-refractivity contribution in [2.75, 3.05) is 42.6 Å². The Morgan fingerprint density at radius 3 is 1.60 bits per heavy atom. The molecule has 0 radical (unpaired) electrons. The first-order valence-electron chi connectivity index (χ1n) is 22.6. The van der Waals surface area contributed by atoms with Gasteiger partial charge < -0.3 is 63.3 Å². The third kappa shape index (κ3) is 19.4. The van der Waals surface area contributed by atoms with E-state index in [-0.39, 0.29) is 38.0 Å². The van der Waals surface area contributed by atoms with Crippen LogP contribution in [0, 0.1) is 11.8 Å². The number of carbonyl (C=O) groups is 8. The zero-order valence-corrected chi connectivity index (χ0v) is 42.7. The normalized spacial score (nSPS) is 15.8. The smallest absolute Gasteiger partial charge is 0.326 e. The van der Waals surface area contributed by atoms with E-state index in [1.54, 1.807) is 27.0 Å². The summed E-state index contributed by atoms with van der Waals surface area (Å²) in [6.07, 6.45) is 6.84. The summed E-state index contributed by atoms with van der Waals surface area (Å²) in [5.41, 5.74) is 7.15. The van der Waals surface area contributed by atoms with E-state index >= 15 is 0 Å². The SMILES string of the molecule is CC[C@H](C)[C@H](NC(=O)[C@H](CCSC)NC(=O)[C@H](CC(C)C)NC(=O)[C@H](CO)NC(=O)[C@@H](N)[C@@H](C)O)C(=O)N[C@@H](Cc1c[nH]c2ccccc12)C(=O)N[C@@H](CCSC)C(=O)N[C@@H](CCSC)C(=O)O. The number of H-pyrrole nitrogens is 1. The number of fused-ring (bicyclic) bond motifs is 1. The Morgan fingerprint density at radius 1 is 0.632 bits per heavy atom. The summed E-state index contributed by atoms with van der Waals surface area (Å²) in [7, 11) is 0. The van der Waals surface area contributed by atoms with Crippen molar-refractivity contribution in [2.24, 2.45) is 17.6 Å².